The Hall–Kier alpha value is 1.11. The van der Waals surface area contributed by atoms with Gasteiger partial charge >= 0.3 is 0 Å². The molecule has 1 nitrogen and oxygen atoms in total. The van der Waals surface area contributed by atoms with E-state index in [1.165, 1.54) is 0 Å². The molecule has 7 heavy (non-hydrogen) atoms. The van der Waals surface area contributed by atoms with Gasteiger partial charge in [0.25, 0.3) is 0 Å². The summed E-state index contributed by atoms with van der Waals surface area (Å²) in [5.74, 6) is 0.176. The second-order valence-electron chi connectivity index (χ2n) is 0.806. The van der Waals surface area contributed by atoms with Gasteiger partial charge in [-0.2, -0.15) is 0 Å². The monoisotopic (exact) mass is 294 g/mol. The van der Waals surface area contributed by atoms with Crippen LogP contribution in [0.3, 0.4) is 0 Å². The molecule has 0 saturated heterocycles. The zero-order valence-corrected chi connectivity index (χ0v) is 8.37. The number of halogens is 3. The molecule has 44 valence electrons. The van der Waals surface area contributed by atoms with Crippen LogP contribution in [-0.2, 0) is 4.79 Å². The second kappa shape index (κ2) is 7.11. The smallest absolute Gasteiger partial charge is 0.153 e. The van der Waals surface area contributed by atoms with E-state index >= 15 is 0 Å². The summed E-state index contributed by atoms with van der Waals surface area (Å²) < 4.78 is 0. The molecule has 0 radical (unpaired) electrons. The van der Waals surface area contributed by atoms with Gasteiger partial charge in [0, 0.05) is 0 Å². The van der Waals surface area contributed by atoms with Gasteiger partial charge in [-0.1, -0.05) is 31.9 Å². The average molecular weight is 297 g/mol. The average Bonchev–Trinajstić information content (AvgIpc) is 1.65. The molecule has 4 heteroatoms. The number of carbonyl (C=O) groups excluding carboxylic acids is 1. The van der Waals surface area contributed by atoms with E-state index in [9.17, 15) is 4.79 Å². The number of ketones is 1. The molecule has 0 unspecified atom stereocenters. The van der Waals surface area contributed by atoms with Crippen LogP contribution in [0, 0.1) is 0 Å². The third-order valence-electron chi connectivity index (χ3n) is 0.298. The van der Waals surface area contributed by atoms with Crippen LogP contribution in [0.15, 0.2) is 0 Å². The molecule has 0 fully saturated rings. The van der Waals surface area contributed by atoms with E-state index in [1.54, 1.807) is 0 Å². The fourth-order valence-corrected chi connectivity index (χ4v) is 0.964. The molecule has 0 rings (SSSR count). The molecule has 0 aliphatic rings. The molecule has 0 saturated carbocycles. The van der Waals surface area contributed by atoms with Crippen LogP contribution in [-0.4, -0.2) is 16.4 Å². The Morgan fingerprint density at radius 3 is 1.57 bits per heavy atom. The van der Waals surface area contributed by atoms with E-state index < -0.39 is 0 Å². The van der Waals surface area contributed by atoms with Crippen LogP contribution < -0.4 is 0 Å². The van der Waals surface area contributed by atoms with Gasteiger partial charge < -0.3 is 0 Å². The lowest BCUT2D eigenvalue weighted by atomic mass is 10.5. The third kappa shape index (κ3) is 7.11. The topological polar surface area (TPSA) is 17.1 Å². The van der Waals surface area contributed by atoms with Crippen molar-refractivity contribution < 1.29 is 4.79 Å². The van der Waals surface area contributed by atoms with Gasteiger partial charge in [0.05, 0.1) is 10.7 Å². The van der Waals surface area contributed by atoms with Crippen molar-refractivity contribution in [3.05, 3.63) is 0 Å². The van der Waals surface area contributed by atoms with Gasteiger partial charge in [-0.15, -0.1) is 17.0 Å². The SMILES string of the molecule is Br.O=C(CBr)CBr. The highest BCUT2D eigenvalue weighted by atomic mass is 79.9. The number of alkyl halides is 2. The minimum atomic E-state index is 0. The zero-order chi connectivity index (χ0) is 4.99. The molecule has 0 aliphatic heterocycles. The predicted octanol–water partition coefficient (Wildman–Crippen LogP) is 1.92. The van der Waals surface area contributed by atoms with E-state index in [2.05, 4.69) is 31.9 Å². The maximum Gasteiger partial charge on any atom is 0.153 e. The quantitative estimate of drug-likeness (QED) is 0.712. The molecule has 0 bridgehead atoms. The fourth-order valence-electron chi connectivity index (χ4n) is 0.0357. The van der Waals surface area contributed by atoms with E-state index in [0.29, 0.717) is 10.7 Å². The summed E-state index contributed by atoms with van der Waals surface area (Å²) in [5.41, 5.74) is 0. The molecule has 0 atom stereocenters. The van der Waals surface area contributed by atoms with Crippen LogP contribution in [0.2, 0.25) is 0 Å². The Morgan fingerprint density at radius 1 is 1.29 bits per heavy atom. The first-order chi connectivity index (χ1) is 2.81. The molecule has 0 N–H and O–H groups in total. The molecule has 0 aromatic rings. The molecular formula is C3H5Br3O. The maximum atomic E-state index is 10.1. The maximum absolute atomic E-state index is 10.1. The van der Waals surface area contributed by atoms with Crippen molar-refractivity contribution in [2.45, 2.75) is 0 Å². The van der Waals surface area contributed by atoms with Crippen molar-refractivity contribution in [2.75, 3.05) is 10.7 Å². The Morgan fingerprint density at radius 2 is 1.57 bits per heavy atom. The Balaban J connectivity index is 0. The number of Topliss-reactive ketones (excluding diaryl/α,β-unsaturated/α-hetero) is 1. The Labute approximate surface area is 69.9 Å². The van der Waals surface area contributed by atoms with Gasteiger partial charge in [-0.25, -0.2) is 0 Å². The summed E-state index contributed by atoms with van der Waals surface area (Å²) >= 11 is 5.99. The molecule has 0 aliphatic carbocycles. The van der Waals surface area contributed by atoms with Gasteiger partial charge in [0.1, 0.15) is 0 Å². The second-order valence-corrected chi connectivity index (χ2v) is 1.93. The molecule has 0 aromatic carbocycles. The number of hydrogen-bond acceptors (Lipinski definition) is 1. The summed E-state index contributed by atoms with van der Waals surface area (Å²) in [6.45, 7) is 0. The molecule has 0 amide bonds. The fraction of sp³-hybridized carbons (Fsp3) is 0.667. The number of hydrogen-bond donors (Lipinski definition) is 0. The van der Waals surface area contributed by atoms with Crippen molar-refractivity contribution in [1.82, 2.24) is 0 Å². The first-order valence-electron chi connectivity index (χ1n) is 1.45. The van der Waals surface area contributed by atoms with Crippen molar-refractivity contribution in [1.29, 1.82) is 0 Å². The summed E-state index contributed by atoms with van der Waals surface area (Å²) in [7, 11) is 0. The highest BCUT2D eigenvalue weighted by molar-refractivity contribution is 9.10. The minimum absolute atomic E-state index is 0. The highest BCUT2D eigenvalue weighted by Crippen LogP contribution is 1.86. The molecule has 0 aromatic heterocycles. The van der Waals surface area contributed by atoms with Crippen LogP contribution in [0.5, 0.6) is 0 Å². The summed E-state index contributed by atoms with van der Waals surface area (Å²) in [4.78, 5) is 10.1. The van der Waals surface area contributed by atoms with E-state index in [1.807, 2.05) is 0 Å². The van der Waals surface area contributed by atoms with E-state index in [4.69, 9.17) is 0 Å². The summed E-state index contributed by atoms with van der Waals surface area (Å²) in [5, 5.41) is 0.913. The van der Waals surface area contributed by atoms with Crippen LogP contribution in [0.25, 0.3) is 0 Å². The van der Waals surface area contributed by atoms with Gasteiger partial charge in [-0.05, 0) is 0 Å². The number of carbonyl (C=O) groups is 1. The predicted molar refractivity (Wildman–Crippen MR) is 42.9 cm³/mol. The highest BCUT2D eigenvalue weighted by Gasteiger charge is 1.89. The summed E-state index contributed by atoms with van der Waals surface area (Å²) in [6, 6.07) is 0. The van der Waals surface area contributed by atoms with Crippen molar-refractivity contribution >= 4 is 54.6 Å². The van der Waals surface area contributed by atoms with Crippen LogP contribution >= 0.6 is 48.8 Å². The lowest BCUT2D eigenvalue weighted by Gasteiger charge is -1.78. The zero-order valence-electron chi connectivity index (χ0n) is 3.49. The van der Waals surface area contributed by atoms with E-state index in [0.717, 1.165) is 0 Å². The lowest BCUT2D eigenvalue weighted by Crippen LogP contribution is -1.97. The standard InChI is InChI=1S/C3H4Br2O.BrH/c4-1-3(6)2-5;/h1-2H2;1H. The van der Waals surface area contributed by atoms with Crippen molar-refractivity contribution in [3.8, 4) is 0 Å². The number of rotatable bonds is 2. The Bertz CT molecular complexity index is 48.1. The van der Waals surface area contributed by atoms with Gasteiger partial charge in [0.2, 0.25) is 0 Å². The van der Waals surface area contributed by atoms with Gasteiger partial charge in [0.15, 0.2) is 5.78 Å². The van der Waals surface area contributed by atoms with Gasteiger partial charge in [-0.3, -0.25) is 4.79 Å². The molecule has 0 spiro atoms. The minimum Gasteiger partial charge on any atom is -0.298 e. The normalized spacial score (nSPS) is 7.14. The third-order valence-corrected chi connectivity index (χ3v) is 1.55. The van der Waals surface area contributed by atoms with Crippen LogP contribution in [0.4, 0.5) is 0 Å². The van der Waals surface area contributed by atoms with E-state index in [-0.39, 0.29) is 22.8 Å². The lowest BCUT2D eigenvalue weighted by molar-refractivity contribution is -0.114. The molecule has 0 heterocycles. The van der Waals surface area contributed by atoms with Crippen molar-refractivity contribution in [3.63, 3.8) is 0 Å². The first kappa shape index (κ1) is 11.0. The summed E-state index contributed by atoms with van der Waals surface area (Å²) in [6.07, 6.45) is 0. The largest absolute Gasteiger partial charge is 0.298 e. The first-order valence-corrected chi connectivity index (χ1v) is 3.69. The van der Waals surface area contributed by atoms with Crippen LogP contribution in [0.1, 0.15) is 0 Å². The van der Waals surface area contributed by atoms with Crippen molar-refractivity contribution in [2.24, 2.45) is 0 Å². The Kier molecular flexibility index (Phi) is 11.2. The molecular weight excluding hydrogens is 292 g/mol.